The fourth-order valence-corrected chi connectivity index (χ4v) is 0.494. The van der Waals surface area contributed by atoms with Crippen molar-refractivity contribution in [3.63, 3.8) is 0 Å². The Morgan fingerprint density at radius 1 is 1.55 bits per heavy atom. The van der Waals surface area contributed by atoms with E-state index in [0.29, 0.717) is 0 Å². The second kappa shape index (κ2) is 4.15. The molecule has 0 heterocycles. The van der Waals surface area contributed by atoms with Gasteiger partial charge in [0, 0.05) is 7.05 Å². The molecule has 0 unspecified atom stereocenters. The summed E-state index contributed by atoms with van der Waals surface area (Å²) in [4.78, 5) is 3.63. The first-order valence-electron chi connectivity index (χ1n) is 3.30. The molecular weight excluding hydrogens is 146 g/mol. The number of guanidine groups is 1. The maximum atomic E-state index is 8.80. The zero-order valence-corrected chi connectivity index (χ0v) is 6.83. The summed E-state index contributed by atoms with van der Waals surface area (Å²) < 4.78 is 0. The minimum Gasteiger partial charge on any atom is -0.394 e. The van der Waals surface area contributed by atoms with E-state index in [1.807, 2.05) is 0 Å². The molecule has 0 amide bonds. The third-order valence-electron chi connectivity index (χ3n) is 1.37. The van der Waals surface area contributed by atoms with Crippen LogP contribution in [0.25, 0.3) is 0 Å². The molecule has 0 saturated carbocycles. The number of aliphatic imine (C=N–C) groups is 1. The summed E-state index contributed by atoms with van der Waals surface area (Å²) in [7, 11) is 1.53. The summed E-state index contributed by atoms with van der Waals surface area (Å²) in [6, 6.07) is 0. The molecule has 0 aliphatic heterocycles. The van der Waals surface area contributed by atoms with Crippen molar-refractivity contribution in [3.8, 4) is 0 Å². The molecule has 5 heteroatoms. The van der Waals surface area contributed by atoms with Crippen molar-refractivity contribution >= 4 is 5.96 Å². The average Bonchev–Trinajstić information content (AvgIpc) is 2.04. The second-order valence-electron chi connectivity index (χ2n) is 2.61. The van der Waals surface area contributed by atoms with Crippen LogP contribution in [0.2, 0.25) is 0 Å². The first kappa shape index (κ1) is 10.2. The summed E-state index contributed by atoms with van der Waals surface area (Å²) in [5, 5.41) is 20.3. The molecule has 5 N–H and O–H groups in total. The molecular formula is C6H15N3O2. The van der Waals surface area contributed by atoms with Crippen LogP contribution in [0.1, 0.15) is 6.92 Å². The van der Waals surface area contributed by atoms with Gasteiger partial charge in [-0.3, -0.25) is 4.99 Å². The van der Waals surface area contributed by atoms with E-state index in [9.17, 15) is 0 Å². The predicted octanol–water partition coefficient (Wildman–Crippen LogP) is -1.74. The lowest BCUT2D eigenvalue weighted by Gasteiger charge is -2.26. The molecule has 0 radical (unpaired) electrons. The molecule has 11 heavy (non-hydrogen) atoms. The van der Waals surface area contributed by atoms with Crippen molar-refractivity contribution in [3.05, 3.63) is 0 Å². The quantitative estimate of drug-likeness (QED) is 0.292. The summed E-state index contributed by atoms with van der Waals surface area (Å²) in [6.07, 6.45) is 0. The number of nitrogens with zero attached hydrogens (tertiary/aromatic N) is 1. The minimum atomic E-state index is -0.788. The lowest BCUT2D eigenvalue weighted by atomic mass is 10.1. The van der Waals surface area contributed by atoms with E-state index in [-0.39, 0.29) is 19.2 Å². The average molecular weight is 161 g/mol. The highest BCUT2D eigenvalue weighted by molar-refractivity contribution is 5.78. The summed E-state index contributed by atoms with van der Waals surface area (Å²) >= 11 is 0. The van der Waals surface area contributed by atoms with E-state index in [0.717, 1.165) is 0 Å². The second-order valence-corrected chi connectivity index (χ2v) is 2.61. The molecule has 0 saturated heterocycles. The van der Waals surface area contributed by atoms with Gasteiger partial charge in [-0.15, -0.1) is 0 Å². The van der Waals surface area contributed by atoms with Gasteiger partial charge in [-0.1, -0.05) is 0 Å². The normalized spacial score (nSPS) is 13.3. The zero-order valence-electron chi connectivity index (χ0n) is 6.83. The Morgan fingerprint density at radius 2 is 2.00 bits per heavy atom. The molecule has 0 bridgehead atoms. The Labute approximate surface area is 65.9 Å². The van der Waals surface area contributed by atoms with Gasteiger partial charge in [0.1, 0.15) is 0 Å². The van der Waals surface area contributed by atoms with Gasteiger partial charge in [0.15, 0.2) is 5.96 Å². The molecule has 0 aromatic heterocycles. The van der Waals surface area contributed by atoms with E-state index in [1.165, 1.54) is 7.05 Å². The van der Waals surface area contributed by atoms with Crippen molar-refractivity contribution in [1.82, 2.24) is 5.32 Å². The number of rotatable bonds is 3. The van der Waals surface area contributed by atoms with Crippen molar-refractivity contribution in [2.45, 2.75) is 12.5 Å². The zero-order chi connectivity index (χ0) is 8.91. The van der Waals surface area contributed by atoms with Gasteiger partial charge >= 0.3 is 0 Å². The monoisotopic (exact) mass is 161 g/mol. The lowest BCUT2D eigenvalue weighted by Crippen LogP contribution is -2.54. The molecule has 0 atom stereocenters. The van der Waals surface area contributed by atoms with E-state index < -0.39 is 5.54 Å². The Morgan fingerprint density at radius 3 is 2.27 bits per heavy atom. The van der Waals surface area contributed by atoms with Crippen LogP contribution in [0, 0.1) is 0 Å². The van der Waals surface area contributed by atoms with Crippen LogP contribution in [0.5, 0.6) is 0 Å². The number of aliphatic hydroxyl groups excluding tert-OH is 2. The topological polar surface area (TPSA) is 90.9 Å². The van der Waals surface area contributed by atoms with Gasteiger partial charge in [0.2, 0.25) is 0 Å². The number of aliphatic hydroxyl groups is 2. The van der Waals surface area contributed by atoms with Crippen LogP contribution in [0.15, 0.2) is 4.99 Å². The molecule has 0 spiro atoms. The highest BCUT2D eigenvalue weighted by Crippen LogP contribution is 1.98. The van der Waals surface area contributed by atoms with Crippen molar-refractivity contribution < 1.29 is 10.2 Å². The van der Waals surface area contributed by atoms with Crippen LogP contribution in [0.3, 0.4) is 0 Å². The van der Waals surface area contributed by atoms with E-state index in [1.54, 1.807) is 6.92 Å². The predicted molar refractivity (Wildman–Crippen MR) is 43.3 cm³/mol. The highest BCUT2D eigenvalue weighted by Gasteiger charge is 2.21. The Hall–Kier alpha value is -0.810. The molecule has 0 aromatic carbocycles. The Bertz CT molecular complexity index is 143. The molecule has 5 nitrogen and oxygen atoms in total. The number of hydrogen-bond acceptors (Lipinski definition) is 3. The summed E-state index contributed by atoms with van der Waals surface area (Å²) in [5.41, 5.74) is 4.54. The van der Waals surface area contributed by atoms with Crippen molar-refractivity contribution in [2.24, 2.45) is 10.7 Å². The van der Waals surface area contributed by atoms with Crippen LogP contribution >= 0.6 is 0 Å². The standard InChI is InChI=1S/C6H15N3O2/c1-6(3-10,4-11)9-5(7)8-2/h10-11H,3-4H2,1-2H3,(H3,7,8,9). The van der Waals surface area contributed by atoms with E-state index in [4.69, 9.17) is 15.9 Å². The minimum absolute atomic E-state index is 0.195. The lowest BCUT2D eigenvalue weighted by molar-refractivity contribution is 0.119. The number of nitrogens with one attached hydrogen (secondary N) is 1. The molecule has 0 aliphatic rings. The van der Waals surface area contributed by atoms with Gasteiger partial charge in [-0.25, -0.2) is 0 Å². The Balaban J connectivity index is 4.08. The maximum absolute atomic E-state index is 8.80. The largest absolute Gasteiger partial charge is 0.394 e. The fraction of sp³-hybridized carbons (Fsp3) is 0.833. The van der Waals surface area contributed by atoms with Gasteiger partial charge in [0.25, 0.3) is 0 Å². The van der Waals surface area contributed by atoms with E-state index in [2.05, 4.69) is 10.3 Å². The summed E-state index contributed by atoms with van der Waals surface area (Å²) in [6.45, 7) is 1.25. The molecule has 0 aliphatic carbocycles. The van der Waals surface area contributed by atoms with Crippen molar-refractivity contribution in [2.75, 3.05) is 20.3 Å². The van der Waals surface area contributed by atoms with Crippen LogP contribution < -0.4 is 11.1 Å². The molecule has 66 valence electrons. The van der Waals surface area contributed by atoms with Crippen LogP contribution in [-0.4, -0.2) is 42.0 Å². The first-order valence-corrected chi connectivity index (χ1v) is 3.30. The number of nitrogens with two attached hydrogens (primary N) is 1. The highest BCUT2D eigenvalue weighted by atomic mass is 16.3. The first-order chi connectivity index (χ1) is 5.08. The third kappa shape index (κ3) is 3.20. The van der Waals surface area contributed by atoms with Crippen molar-refractivity contribution in [1.29, 1.82) is 0 Å². The fourth-order valence-electron chi connectivity index (χ4n) is 0.494. The molecule has 0 fully saturated rings. The van der Waals surface area contributed by atoms with E-state index >= 15 is 0 Å². The molecule has 0 rings (SSSR count). The van der Waals surface area contributed by atoms with Gasteiger partial charge in [-0.05, 0) is 6.92 Å². The van der Waals surface area contributed by atoms with Gasteiger partial charge < -0.3 is 21.3 Å². The smallest absolute Gasteiger partial charge is 0.188 e. The van der Waals surface area contributed by atoms with Crippen LogP contribution in [0.4, 0.5) is 0 Å². The van der Waals surface area contributed by atoms with Crippen LogP contribution in [-0.2, 0) is 0 Å². The molecule has 0 aromatic rings. The third-order valence-corrected chi connectivity index (χ3v) is 1.37. The van der Waals surface area contributed by atoms with Gasteiger partial charge in [0.05, 0.1) is 18.8 Å². The Kier molecular flexibility index (Phi) is 3.84. The number of hydrogen-bond donors (Lipinski definition) is 4. The maximum Gasteiger partial charge on any atom is 0.188 e. The SMILES string of the molecule is CN=C(N)NC(C)(CO)CO. The summed E-state index contributed by atoms with van der Waals surface area (Å²) in [5.74, 6) is 0.204. The van der Waals surface area contributed by atoms with Gasteiger partial charge in [-0.2, -0.15) is 0 Å².